The van der Waals surface area contributed by atoms with Crippen molar-refractivity contribution in [3.05, 3.63) is 0 Å². The summed E-state index contributed by atoms with van der Waals surface area (Å²) in [5.41, 5.74) is 0. The van der Waals surface area contributed by atoms with Crippen LogP contribution in [0.25, 0.3) is 0 Å². The second-order valence-electron chi connectivity index (χ2n) is 5.88. The summed E-state index contributed by atoms with van der Waals surface area (Å²) in [6.45, 7) is 6.37. The fourth-order valence-corrected chi connectivity index (χ4v) is 2.56. The van der Waals surface area contributed by atoms with E-state index in [0.29, 0.717) is 12.5 Å². The van der Waals surface area contributed by atoms with Crippen LogP contribution in [0, 0.1) is 5.92 Å². The Hall–Kier alpha value is -1.10. The highest BCUT2D eigenvalue weighted by Crippen LogP contribution is 2.18. The highest BCUT2D eigenvalue weighted by atomic mass is 16.4. The molecule has 0 aromatic rings. The van der Waals surface area contributed by atoms with Gasteiger partial charge in [0.2, 0.25) is 5.91 Å². The van der Waals surface area contributed by atoms with Crippen LogP contribution in [0.3, 0.4) is 0 Å². The van der Waals surface area contributed by atoms with Crippen LogP contribution in [0.1, 0.15) is 46.5 Å². The van der Waals surface area contributed by atoms with E-state index in [1.54, 1.807) is 11.8 Å². The fourth-order valence-electron chi connectivity index (χ4n) is 2.56. The van der Waals surface area contributed by atoms with Crippen LogP contribution in [-0.2, 0) is 9.59 Å². The molecule has 5 heteroatoms. The van der Waals surface area contributed by atoms with Crippen molar-refractivity contribution in [2.24, 2.45) is 5.92 Å². The van der Waals surface area contributed by atoms with Crippen LogP contribution in [0.4, 0.5) is 0 Å². The molecule has 1 saturated carbocycles. The summed E-state index contributed by atoms with van der Waals surface area (Å²) >= 11 is 0. The van der Waals surface area contributed by atoms with E-state index in [0.717, 1.165) is 12.8 Å². The van der Waals surface area contributed by atoms with Gasteiger partial charge < -0.3 is 10.4 Å². The molecule has 1 amide bonds. The molecule has 0 heterocycles. The normalized spacial score (nSPS) is 17.9. The number of carboxylic acid groups (broad SMARTS) is 1. The molecular weight excluding hydrogens is 244 g/mol. The van der Waals surface area contributed by atoms with Gasteiger partial charge in [-0.1, -0.05) is 26.7 Å². The van der Waals surface area contributed by atoms with Crippen LogP contribution < -0.4 is 5.32 Å². The molecule has 1 rings (SSSR count). The standard InChI is InChI=1S/C14H26N2O3/c1-10(2)8-16(9-13(17)18)11(3)14(19)15-12-6-4-5-7-12/h10-12H,4-9H2,1-3H3,(H,15,19)(H,17,18). The van der Waals surface area contributed by atoms with Gasteiger partial charge in [0, 0.05) is 12.6 Å². The zero-order valence-electron chi connectivity index (χ0n) is 12.2. The first-order chi connectivity index (χ1) is 8.90. The van der Waals surface area contributed by atoms with E-state index in [9.17, 15) is 9.59 Å². The Labute approximate surface area is 115 Å². The topological polar surface area (TPSA) is 69.6 Å². The second-order valence-corrected chi connectivity index (χ2v) is 5.88. The van der Waals surface area contributed by atoms with Gasteiger partial charge in [0.05, 0.1) is 12.6 Å². The molecule has 0 aliphatic heterocycles. The molecule has 0 radical (unpaired) electrons. The summed E-state index contributed by atoms with van der Waals surface area (Å²) in [5.74, 6) is -0.601. The third-order valence-electron chi connectivity index (χ3n) is 3.57. The van der Waals surface area contributed by atoms with Gasteiger partial charge >= 0.3 is 5.97 Å². The number of hydrogen-bond donors (Lipinski definition) is 2. The SMILES string of the molecule is CC(C)CN(CC(=O)O)C(C)C(=O)NC1CCCC1. The van der Waals surface area contributed by atoms with Gasteiger partial charge in [-0.05, 0) is 25.7 Å². The number of carbonyl (C=O) groups excluding carboxylic acids is 1. The van der Waals surface area contributed by atoms with Crippen molar-refractivity contribution in [1.82, 2.24) is 10.2 Å². The molecule has 0 aromatic heterocycles. The first-order valence-electron chi connectivity index (χ1n) is 7.16. The molecule has 0 spiro atoms. The molecule has 1 atom stereocenters. The Bertz CT molecular complexity index is 312. The number of amides is 1. The molecule has 0 aromatic carbocycles. The van der Waals surface area contributed by atoms with E-state index < -0.39 is 5.97 Å². The Morgan fingerprint density at radius 3 is 2.32 bits per heavy atom. The summed E-state index contributed by atoms with van der Waals surface area (Å²) in [6, 6.07) is -0.111. The van der Waals surface area contributed by atoms with Crippen molar-refractivity contribution in [1.29, 1.82) is 0 Å². The molecule has 1 aliphatic carbocycles. The van der Waals surface area contributed by atoms with E-state index in [1.807, 2.05) is 13.8 Å². The summed E-state index contributed by atoms with van der Waals surface area (Å²) in [7, 11) is 0. The van der Waals surface area contributed by atoms with Gasteiger partial charge in [-0.3, -0.25) is 14.5 Å². The summed E-state index contributed by atoms with van der Waals surface area (Å²) in [5, 5.41) is 12.0. The van der Waals surface area contributed by atoms with Crippen LogP contribution in [0.2, 0.25) is 0 Å². The predicted octanol–water partition coefficient (Wildman–Crippen LogP) is 1.48. The van der Waals surface area contributed by atoms with Gasteiger partial charge in [0.1, 0.15) is 0 Å². The molecule has 110 valence electrons. The quantitative estimate of drug-likeness (QED) is 0.735. The zero-order valence-corrected chi connectivity index (χ0v) is 12.2. The lowest BCUT2D eigenvalue weighted by molar-refractivity contribution is -0.140. The minimum atomic E-state index is -0.888. The molecule has 1 unspecified atom stereocenters. The van der Waals surface area contributed by atoms with E-state index >= 15 is 0 Å². The van der Waals surface area contributed by atoms with Gasteiger partial charge in [0.15, 0.2) is 0 Å². The molecular formula is C14H26N2O3. The monoisotopic (exact) mass is 270 g/mol. The lowest BCUT2D eigenvalue weighted by Gasteiger charge is -2.29. The van der Waals surface area contributed by atoms with Crippen molar-refractivity contribution in [3.63, 3.8) is 0 Å². The highest BCUT2D eigenvalue weighted by molar-refractivity contribution is 5.82. The zero-order chi connectivity index (χ0) is 14.4. The van der Waals surface area contributed by atoms with Crippen LogP contribution >= 0.6 is 0 Å². The predicted molar refractivity (Wildman–Crippen MR) is 73.9 cm³/mol. The van der Waals surface area contributed by atoms with Gasteiger partial charge in [-0.2, -0.15) is 0 Å². The minimum Gasteiger partial charge on any atom is -0.480 e. The molecule has 2 N–H and O–H groups in total. The third-order valence-corrected chi connectivity index (χ3v) is 3.57. The maximum Gasteiger partial charge on any atom is 0.317 e. The van der Waals surface area contributed by atoms with Crippen molar-refractivity contribution >= 4 is 11.9 Å². The van der Waals surface area contributed by atoms with Gasteiger partial charge in [-0.25, -0.2) is 0 Å². The summed E-state index contributed by atoms with van der Waals surface area (Å²) in [6.07, 6.45) is 4.43. The molecule has 1 fully saturated rings. The number of nitrogens with one attached hydrogen (secondary N) is 1. The first kappa shape index (κ1) is 16.0. The average Bonchev–Trinajstić information content (AvgIpc) is 2.78. The van der Waals surface area contributed by atoms with Crippen molar-refractivity contribution in [3.8, 4) is 0 Å². The minimum absolute atomic E-state index is 0.0474. The highest BCUT2D eigenvalue weighted by Gasteiger charge is 2.26. The Morgan fingerprint density at radius 2 is 1.84 bits per heavy atom. The maximum absolute atomic E-state index is 12.2. The van der Waals surface area contributed by atoms with E-state index in [2.05, 4.69) is 5.32 Å². The molecule has 19 heavy (non-hydrogen) atoms. The van der Waals surface area contributed by atoms with Crippen LogP contribution in [0.15, 0.2) is 0 Å². The largest absolute Gasteiger partial charge is 0.480 e. The third kappa shape index (κ3) is 5.59. The number of aliphatic carboxylic acids is 1. The average molecular weight is 270 g/mol. The van der Waals surface area contributed by atoms with Gasteiger partial charge in [0.25, 0.3) is 0 Å². The van der Waals surface area contributed by atoms with Gasteiger partial charge in [-0.15, -0.1) is 0 Å². The number of carbonyl (C=O) groups is 2. The van der Waals surface area contributed by atoms with E-state index in [-0.39, 0.29) is 24.5 Å². The molecule has 0 saturated heterocycles. The molecule has 1 aliphatic rings. The Kier molecular flexibility index (Phi) is 6.28. The smallest absolute Gasteiger partial charge is 0.317 e. The number of carboxylic acids is 1. The van der Waals surface area contributed by atoms with Crippen molar-refractivity contribution in [2.45, 2.75) is 58.5 Å². The second kappa shape index (κ2) is 7.48. The summed E-state index contributed by atoms with van der Waals surface area (Å²) < 4.78 is 0. The van der Waals surface area contributed by atoms with Crippen LogP contribution in [0.5, 0.6) is 0 Å². The molecule has 5 nitrogen and oxygen atoms in total. The van der Waals surface area contributed by atoms with E-state index in [4.69, 9.17) is 5.11 Å². The number of rotatable bonds is 7. The lowest BCUT2D eigenvalue weighted by atomic mass is 10.1. The molecule has 0 bridgehead atoms. The van der Waals surface area contributed by atoms with E-state index in [1.165, 1.54) is 12.8 Å². The fraction of sp³-hybridized carbons (Fsp3) is 0.857. The number of nitrogens with zero attached hydrogens (tertiary/aromatic N) is 1. The lowest BCUT2D eigenvalue weighted by Crippen LogP contribution is -2.50. The van der Waals surface area contributed by atoms with Crippen molar-refractivity contribution in [2.75, 3.05) is 13.1 Å². The number of hydrogen-bond acceptors (Lipinski definition) is 3. The summed E-state index contributed by atoms with van der Waals surface area (Å²) in [4.78, 5) is 24.8. The van der Waals surface area contributed by atoms with Crippen LogP contribution in [-0.4, -0.2) is 47.1 Å². The first-order valence-corrected chi connectivity index (χ1v) is 7.16. The maximum atomic E-state index is 12.2. The Balaban J connectivity index is 2.54. The Morgan fingerprint density at radius 1 is 1.26 bits per heavy atom. The van der Waals surface area contributed by atoms with Crippen molar-refractivity contribution < 1.29 is 14.7 Å².